The molecule has 1 aromatic rings. The first-order valence-electron chi connectivity index (χ1n) is 5.30. The summed E-state index contributed by atoms with van der Waals surface area (Å²) in [6.45, 7) is 10.7. The minimum atomic E-state index is 0.219. The highest BCUT2D eigenvalue weighted by atomic mass is 15.0. The number of aromatic nitrogens is 1. The molecule has 0 radical (unpaired) electrons. The van der Waals surface area contributed by atoms with E-state index >= 15 is 0 Å². The van der Waals surface area contributed by atoms with E-state index in [1.54, 1.807) is 0 Å². The van der Waals surface area contributed by atoms with Gasteiger partial charge in [-0.3, -0.25) is 0 Å². The smallest absolute Gasteiger partial charge is 0.126 e. The van der Waals surface area contributed by atoms with Gasteiger partial charge in [-0.25, -0.2) is 4.98 Å². The second-order valence-corrected chi connectivity index (χ2v) is 5.10. The van der Waals surface area contributed by atoms with E-state index in [2.05, 4.69) is 38.0 Å². The van der Waals surface area contributed by atoms with Crippen molar-refractivity contribution in [3.05, 3.63) is 17.8 Å². The van der Waals surface area contributed by atoms with Crippen molar-refractivity contribution in [1.29, 1.82) is 0 Å². The van der Waals surface area contributed by atoms with Gasteiger partial charge in [0.1, 0.15) is 5.82 Å². The summed E-state index contributed by atoms with van der Waals surface area (Å²) in [5, 5.41) is 3.38. The van der Waals surface area contributed by atoms with Gasteiger partial charge in [0.2, 0.25) is 0 Å². The first kappa shape index (κ1) is 11.8. The van der Waals surface area contributed by atoms with Crippen LogP contribution in [0.4, 0.5) is 11.5 Å². The molecule has 0 bridgehead atoms. The van der Waals surface area contributed by atoms with E-state index in [0.29, 0.717) is 6.04 Å². The van der Waals surface area contributed by atoms with E-state index in [0.717, 1.165) is 17.2 Å². The first-order chi connectivity index (χ1) is 6.80. The first-order valence-corrected chi connectivity index (χ1v) is 5.30. The fourth-order valence-electron chi connectivity index (χ4n) is 1.09. The van der Waals surface area contributed by atoms with Crippen molar-refractivity contribution in [1.82, 2.24) is 4.98 Å². The number of nitrogens with one attached hydrogen (secondary N) is 1. The van der Waals surface area contributed by atoms with E-state index in [1.807, 2.05) is 19.1 Å². The zero-order valence-electron chi connectivity index (χ0n) is 10.3. The maximum atomic E-state index is 5.72. The fraction of sp³-hybridized carbons (Fsp3) is 0.583. The Hall–Kier alpha value is -1.25. The van der Waals surface area contributed by atoms with Crippen molar-refractivity contribution in [2.24, 2.45) is 5.41 Å². The number of rotatable bonds is 2. The number of hydrogen-bond donors (Lipinski definition) is 2. The van der Waals surface area contributed by atoms with E-state index in [1.165, 1.54) is 0 Å². The molecule has 0 amide bonds. The summed E-state index contributed by atoms with van der Waals surface area (Å²) >= 11 is 0. The van der Waals surface area contributed by atoms with Crippen LogP contribution in [0.15, 0.2) is 12.1 Å². The SMILES string of the molecule is Cc1nc(NC(C)C(C)(C)C)ccc1N. The zero-order valence-corrected chi connectivity index (χ0v) is 10.3. The summed E-state index contributed by atoms with van der Waals surface area (Å²) in [7, 11) is 0. The number of nitrogens with zero attached hydrogens (tertiary/aromatic N) is 1. The molecule has 1 heterocycles. The Bertz CT molecular complexity index is 339. The molecule has 1 unspecified atom stereocenters. The monoisotopic (exact) mass is 207 g/mol. The van der Waals surface area contributed by atoms with Crippen molar-refractivity contribution < 1.29 is 0 Å². The second-order valence-electron chi connectivity index (χ2n) is 5.10. The summed E-state index contributed by atoms with van der Waals surface area (Å²) in [6.07, 6.45) is 0. The molecule has 3 heteroatoms. The van der Waals surface area contributed by atoms with Gasteiger partial charge in [0.05, 0.1) is 11.4 Å². The molecule has 0 aromatic carbocycles. The van der Waals surface area contributed by atoms with E-state index < -0.39 is 0 Å². The molecule has 0 saturated heterocycles. The van der Waals surface area contributed by atoms with Crippen LogP contribution in [0.3, 0.4) is 0 Å². The predicted octanol–water partition coefficient (Wildman–Crippen LogP) is 2.82. The van der Waals surface area contributed by atoms with Crippen LogP contribution in [-0.4, -0.2) is 11.0 Å². The number of aryl methyl sites for hydroxylation is 1. The van der Waals surface area contributed by atoms with Crippen LogP contribution < -0.4 is 11.1 Å². The zero-order chi connectivity index (χ0) is 11.6. The number of anilines is 2. The van der Waals surface area contributed by atoms with Gasteiger partial charge in [0, 0.05) is 6.04 Å². The maximum absolute atomic E-state index is 5.72. The Balaban J connectivity index is 2.78. The van der Waals surface area contributed by atoms with Gasteiger partial charge in [-0.2, -0.15) is 0 Å². The van der Waals surface area contributed by atoms with Gasteiger partial charge < -0.3 is 11.1 Å². The Kier molecular flexibility index (Phi) is 3.22. The molecule has 0 aliphatic heterocycles. The molecule has 1 atom stereocenters. The number of pyridine rings is 1. The molecular weight excluding hydrogens is 186 g/mol. The van der Waals surface area contributed by atoms with E-state index in [9.17, 15) is 0 Å². The molecule has 0 fully saturated rings. The lowest BCUT2D eigenvalue weighted by Gasteiger charge is -2.28. The Morgan fingerprint density at radius 1 is 1.33 bits per heavy atom. The van der Waals surface area contributed by atoms with E-state index in [4.69, 9.17) is 5.73 Å². The molecule has 3 nitrogen and oxygen atoms in total. The Morgan fingerprint density at radius 2 is 1.93 bits per heavy atom. The molecule has 15 heavy (non-hydrogen) atoms. The van der Waals surface area contributed by atoms with Gasteiger partial charge >= 0.3 is 0 Å². The van der Waals surface area contributed by atoms with Crippen LogP contribution in [-0.2, 0) is 0 Å². The van der Waals surface area contributed by atoms with Crippen LogP contribution in [0, 0.1) is 12.3 Å². The molecule has 0 saturated carbocycles. The lowest BCUT2D eigenvalue weighted by atomic mass is 9.88. The number of hydrogen-bond acceptors (Lipinski definition) is 3. The molecule has 0 aliphatic carbocycles. The summed E-state index contributed by atoms with van der Waals surface area (Å²) in [6, 6.07) is 4.18. The van der Waals surface area contributed by atoms with Crippen LogP contribution >= 0.6 is 0 Å². The van der Waals surface area contributed by atoms with Crippen LogP contribution in [0.5, 0.6) is 0 Å². The van der Waals surface area contributed by atoms with Crippen LogP contribution in [0.25, 0.3) is 0 Å². The maximum Gasteiger partial charge on any atom is 0.126 e. The standard InChI is InChI=1S/C12H21N3/c1-8-10(13)6-7-11(14-8)15-9(2)12(3,4)5/h6-7,9H,13H2,1-5H3,(H,14,15). The van der Waals surface area contributed by atoms with Crippen molar-refractivity contribution >= 4 is 11.5 Å². The molecule has 3 N–H and O–H groups in total. The highest BCUT2D eigenvalue weighted by Crippen LogP contribution is 2.22. The minimum absolute atomic E-state index is 0.219. The highest BCUT2D eigenvalue weighted by Gasteiger charge is 2.19. The average Bonchev–Trinajstić information content (AvgIpc) is 2.10. The largest absolute Gasteiger partial charge is 0.397 e. The number of nitrogens with two attached hydrogens (primary N) is 1. The topological polar surface area (TPSA) is 50.9 Å². The van der Waals surface area contributed by atoms with Crippen LogP contribution in [0.2, 0.25) is 0 Å². The molecular formula is C12H21N3. The van der Waals surface area contributed by atoms with Gasteiger partial charge in [-0.1, -0.05) is 20.8 Å². The Morgan fingerprint density at radius 3 is 2.40 bits per heavy atom. The van der Waals surface area contributed by atoms with E-state index in [-0.39, 0.29) is 5.41 Å². The van der Waals surface area contributed by atoms with Gasteiger partial charge in [0.15, 0.2) is 0 Å². The molecule has 0 spiro atoms. The predicted molar refractivity (Wildman–Crippen MR) is 65.9 cm³/mol. The summed E-state index contributed by atoms with van der Waals surface area (Å²) in [5.41, 5.74) is 7.55. The van der Waals surface area contributed by atoms with Gasteiger partial charge in [-0.15, -0.1) is 0 Å². The molecule has 1 aromatic heterocycles. The average molecular weight is 207 g/mol. The fourth-order valence-corrected chi connectivity index (χ4v) is 1.09. The van der Waals surface area contributed by atoms with Gasteiger partial charge in [-0.05, 0) is 31.4 Å². The lowest BCUT2D eigenvalue weighted by Crippen LogP contribution is -2.31. The Labute approximate surface area is 92.1 Å². The third-order valence-electron chi connectivity index (χ3n) is 2.79. The van der Waals surface area contributed by atoms with Crippen molar-refractivity contribution in [2.75, 3.05) is 11.1 Å². The summed E-state index contributed by atoms with van der Waals surface area (Å²) < 4.78 is 0. The molecule has 1 rings (SSSR count). The third kappa shape index (κ3) is 3.11. The summed E-state index contributed by atoms with van der Waals surface area (Å²) in [5.74, 6) is 0.893. The quantitative estimate of drug-likeness (QED) is 0.784. The van der Waals surface area contributed by atoms with Crippen LogP contribution in [0.1, 0.15) is 33.4 Å². The van der Waals surface area contributed by atoms with Gasteiger partial charge in [0.25, 0.3) is 0 Å². The minimum Gasteiger partial charge on any atom is -0.397 e. The normalized spacial score (nSPS) is 13.7. The highest BCUT2D eigenvalue weighted by molar-refractivity contribution is 5.49. The molecule has 0 aliphatic rings. The van der Waals surface area contributed by atoms with Crippen molar-refractivity contribution in [2.45, 2.75) is 40.7 Å². The molecule has 84 valence electrons. The lowest BCUT2D eigenvalue weighted by molar-refractivity contribution is 0.358. The summed E-state index contributed by atoms with van der Waals surface area (Å²) in [4.78, 5) is 4.39. The van der Waals surface area contributed by atoms with Crippen molar-refractivity contribution in [3.8, 4) is 0 Å². The number of nitrogen functional groups attached to an aromatic ring is 1. The third-order valence-corrected chi connectivity index (χ3v) is 2.79. The van der Waals surface area contributed by atoms with Crippen molar-refractivity contribution in [3.63, 3.8) is 0 Å². The second kappa shape index (κ2) is 4.09.